The molecule has 0 aliphatic heterocycles. The number of halogens is 1. The predicted molar refractivity (Wildman–Crippen MR) is 57.7 cm³/mol. The van der Waals surface area contributed by atoms with Gasteiger partial charge in [0.15, 0.2) is 5.82 Å². The molecule has 0 N–H and O–H groups in total. The van der Waals surface area contributed by atoms with E-state index in [1.54, 1.807) is 18.0 Å². The van der Waals surface area contributed by atoms with E-state index in [0.717, 1.165) is 4.90 Å². The minimum atomic E-state index is -0.429. The smallest absolute Gasteiger partial charge is 0.158 e. The number of rotatable bonds is 1. The number of nitrogens with zero attached hydrogens (tertiary/aromatic N) is 1. The standard InChI is InChI=1S/C11H12FNS/c1-5-10-9(12)6-8(7-13-10)14-11(2,3)4/h1,6-7H,2-4H3. The van der Waals surface area contributed by atoms with Gasteiger partial charge >= 0.3 is 0 Å². The normalized spacial score (nSPS) is 11.1. The number of thioether (sulfide) groups is 1. The van der Waals surface area contributed by atoms with Gasteiger partial charge in [-0.2, -0.15) is 0 Å². The van der Waals surface area contributed by atoms with Gasteiger partial charge in [-0.1, -0.05) is 20.8 Å². The molecule has 1 nitrogen and oxygen atoms in total. The van der Waals surface area contributed by atoms with Crippen LogP contribution in [0.3, 0.4) is 0 Å². The molecule has 0 spiro atoms. The van der Waals surface area contributed by atoms with Crippen LogP contribution in [0.15, 0.2) is 17.2 Å². The van der Waals surface area contributed by atoms with Crippen molar-refractivity contribution in [3.63, 3.8) is 0 Å². The van der Waals surface area contributed by atoms with Crippen molar-refractivity contribution < 1.29 is 4.39 Å². The van der Waals surface area contributed by atoms with E-state index < -0.39 is 5.82 Å². The van der Waals surface area contributed by atoms with Gasteiger partial charge in [-0.15, -0.1) is 18.2 Å². The predicted octanol–water partition coefficient (Wildman–Crippen LogP) is 3.09. The number of aromatic nitrogens is 1. The summed E-state index contributed by atoms with van der Waals surface area (Å²) in [5.74, 6) is 1.76. The van der Waals surface area contributed by atoms with E-state index in [1.165, 1.54) is 6.07 Å². The molecule has 0 saturated heterocycles. The van der Waals surface area contributed by atoms with Crippen LogP contribution in [0.4, 0.5) is 4.39 Å². The largest absolute Gasteiger partial charge is 0.244 e. The van der Waals surface area contributed by atoms with E-state index >= 15 is 0 Å². The lowest BCUT2D eigenvalue weighted by Gasteiger charge is -2.17. The second-order valence-electron chi connectivity index (χ2n) is 3.86. The maximum Gasteiger partial charge on any atom is 0.158 e. The van der Waals surface area contributed by atoms with Crippen molar-refractivity contribution >= 4 is 11.8 Å². The highest BCUT2D eigenvalue weighted by Gasteiger charge is 2.13. The SMILES string of the molecule is C#Cc1ncc(SC(C)(C)C)cc1F. The van der Waals surface area contributed by atoms with E-state index in [9.17, 15) is 4.39 Å². The Hall–Kier alpha value is -1.01. The van der Waals surface area contributed by atoms with Crippen LogP contribution in [-0.4, -0.2) is 9.73 Å². The van der Waals surface area contributed by atoms with Crippen LogP contribution in [0, 0.1) is 18.2 Å². The van der Waals surface area contributed by atoms with Gasteiger partial charge in [0.25, 0.3) is 0 Å². The van der Waals surface area contributed by atoms with Crippen LogP contribution in [0.1, 0.15) is 26.5 Å². The molecule has 0 amide bonds. The van der Waals surface area contributed by atoms with Crippen molar-refractivity contribution in [3.05, 3.63) is 23.8 Å². The van der Waals surface area contributed by atoms with Gasteiger partial charge in [-0.25, -0.2) is 9.37 Å². The van der Waals surface area contributed by atoms with Crippen LogP contribution < -0.4 is 0 Å². The first-order valence-electron chi connectivity index (χ1n) is 4.23. The van der Waals surface area contributed by atoms with Gasteiger partial charge in [-0.05, 0) is 12.0 Å². The lowest BCUT2D eigenvalue weighted by Crippen LogP contribution is -2.07. The maximum atomic E-state index is 13.2. The second kappa shape index (κ2) is 4.02. The summed E-state index contributed by atoms with van der Waals surface area (Å²) in [5, 5.41) is 0. The van der Waals surface area contributed by atoms with Crippen LogP contribution in [0.5, 0.6) is 0 Å². The number of pyridine rings is 1. The lowest BCUT2D eigenvalue weighted by molar-refractivity contribution is 0.612. The first-order chi connectivity index (χ1) is 6.42. The van der Waals surface area contributed by atoms with Crippen molar-refractivity contribution in [2.45, 2.75) is 30.4 Å². The molecule has 0 aromatic carbocycles. The Balaban J connectivity index is 2.94. The van der Waals surface area contributed by atoms with E-state index in [4.69, 9.17) is 6.42 Å². The number of terminal acetylenes is 1. The summed E-state index contributed by atoms with van der Waals surface area (Å²) in [6.07, 6.45) is 6.67. The van der Waals surface area contributed by atoms with Gasteiger partial charge in [-0.3, -0.25) is 0 Å². The van der Waals surface area contributed by atoms with Crippen molar-refractivity contribution in [2.75, 3.05) is 0 Å². The minimum Gasteiger partial charge on any atom is -0.244 e. The molecular weight excluding hydrogens is 197 g/mol. The fourth-order valence-corrected chi connectivity index (χ4v) is 1.91. The monoisotopic (exact) mass is 209 g/mol. The highest BCUT2D eigenvalue weighted by atomic mass is 32.2. The highest BCUT2D eigenvalue weighted by molar-refractivity contribution is 8.00. The van der Waals surface area contributed by atoms with Crippen LogP contribution in [-0.2, 0) is 0 Å². The van der Waals surface area contributed by atoms with E-state index in [2.05, 4.69) is 31.7 Å². The Labute approximate surface area is 88.1 Å². The molecule has 0 aliphatic rings. The Bertz CT molecular complexity index is 374. The summed E-state index contributed by atoms with van der Waals surface area (Å²) in [5.41, 5.74) is 0.0725. The van der Waals surface area contributed by atoms with Gasteiger partial charge in [0, 0.05) is 15.8 Å². The zero-order valence-electron chi connectivity index (χ0n) is 8.47. The zero-order chi connectivity index (χ0) is 10.8. The third-order valence-electron chi connectivity index (χ3n) is 1.38. The van der Waals surface area contributed by atoms with Crippen LogP contribution in [0.2, 0.25) is 0 Å². The average molecular weight is 209 g/mol. The summed E-state index contributed by atoms with van der Waals surface area (Å²) in [4.78, 5) is 4.65. The van der Waals surface area contributed by atoms with Gasteiger partial charge in [0.05, 0.1) is 0 Å². The van der Waals surface area contributed by atoms with Crippen molar-refractivity contribution in [1.29, 1.82) is 0 Å². The molecule has 1 aromatic rings. The molecule has 3 heteroatoms. The molecule has 0 saturated carbocycles. The molecule has 0 unspecified atom stereocenters. The van der Waals surface area contributed by atoms with E-state index in [0.29, 0.717) is 0 Å². The topological polar surface area (TPSA) is 12.9 Å². The zero-order valence-corrected chi connectivity index (χ0v) is 9.28. The molecule has 0 atom stereocenters. The van der Waals surface area contributed by atoms with E-state index in [1.807, 2.05) is 0 Å². The average Bonchev–Trinajstić information content (AvgIpc) is 2.01. The Morgan fingerprint density at radius 3 is 2.57 bits per heavy atom. The number of hydrogen-bond acceptors (Lipinski definition) is 2. The van der Waals surface area contributed by atoms with Gasteiger partial charge in [0.1, 0.15) is 5.69 Å². The van der Waals surface area contributed by atoms with Crippen molar-refractivity contribution in [1.82, 2.24) is 4.98 Å². The fourth-order valence-electron chi connectivity index (χ4n) is 0.936. The highest BCUT2D eigenvalue weighted by Crippen LogP contribution is 2.31. The molecule has 0 radical (unpaired) electrons. The molecule has 0 aliphatic carbocycles. The quantitative estimate of drug-likeness (QED) is 0.520. The molecule has 0 bridgehead atoms. The maximum absolute atomic E-state index is 13.2. The Morgan fingerprint density at radius 1 is 1.50 bits per heavy atom. The fraction of sp³-hybridized carbons (Fsp3) is 0.364. The van der Waals surface area contributed by atoms with Crippen LogP contribution in [0.25, 0.3) is 0 Å². The summed E-state index contributed by atoms with van der Waals surface area (Å²) >= 11 is 1.56. The number of hydrogen-bond donors (Lipinski definition) is 0. The molecular formula is C11H12FNS. The molecule has 14 heavy (non-hydrogen) atoms. The molecule has 1 rings (SSSR count). The minimum absolute atomic E-state index is 0.0474. The lowest BCUT2D eigenvalue weighted by atomic mass is 10.3. The summed E-state index contributed by atoms with van der Waals surface area (Å²) in [6, 6.07) is 1.43. The summed E-state index contributed by atoms with van der Waals surface area (Å²) < 4.78 is 13.3. The third-order valence-corrected chi connectivity index (χ3v) is 2.45. The molecule has 74 valence electrons. The molecule has 1 aromatic heterocycles. The first kappa shape index (κ1) is 11.1. The first-order valence-corrected chi connectivity index (χ1v) is 5.05. The molecule has 0 fully saturated rings. The third kappa shape index (κ3) is 3.04. The van der Waals surface area contributed by atoms with Gasteiger partial charge in [0.2, 0.25) is 0 Å². The summed E-state index contributed by atoms with van der Waals surface area (Å²) in [7, 11) is 0. The molecule has 1 heterocycles. The van der Waals surface area contributed by atoms with Crippen molar-refractivity contribution in [2.24, 2.45) is 0 Å². The summed E-state index contributed by atoms with van der Waals surface area (Å²) in [6.45, 7) is 6.18. The van der Waals surface area contributed by atoms with E-state index in [-0.39, 0.29) is 10.4 Å². The van der Waals surface area contributed by atoms with Gasteiger partial charge < -0.3 is 0 Å². The van der Waals surface area contributed by atoms with Crippen molar-refractivity contribution in [3.8, 4) is 12.3 Å². The second-order valence-corrected chi connectivity index (χ2v) is 5.76. The Morgan fingerprint density at radius 2 is 2.14 bits per heavy atom. The Kier molecular flexibility index (Phi) is 3.17. The van der Waals surface area contributed by atoms with Crippen LogP contribution >= 0.6 is 11.8 Å².